The van der Waals surface area contributed by atoms with Crippen LogP contribution in [-0.4, -0.2) is 31.9 Å². The van der Waals surface area contributed by atoms with Crippen molar-refractivity contribution in [3.8, 4) is 0 Å². The standard InChI is InChI=1S/C17H30O5/c1-6-16(2,3)14(19)21-12-13(18)22-15(20-5)17(4)10-8-7-9-11-17/h15H,6-12H2,1-5H3. The summed E-state index contributed by atoms with van der Waals surface area (Å²) >= 11 is 0. The van der Waals surface area contributed by atoms with E-state index in [0.717, 1.165) is 25.7 Å². The van der Waals surface area contributed by atoms with Crippen LogP contribution in [0.3, 0.4) is 0 Å². The van der Waals surface area contributed by atoms with E-state index in [0.29, 0.717) is 6.42 Å². The van der Waals surface area contributed by atoms with E-state index in [2.05, 4.69) is 6.92 Å². The molecular formula is C17H30O5. The summed E-state index contributed by atoms with van der Waals surface area (Å²) in [6, 6.07) is 0. The lowest BCUT2D eigenvalue weighted by Gasteiger charge is -2.38. The maximum atomic E-state index is 11.9. The zero-order chi connectivity index (χ0) is 16.8. The van der Waals surface area contributed by atoms with Crippen LogP contribution in [0.4, 0.5) is 0 Å². The van der Waals surface area contributed by atoms with Crippen molar-refractivity contribution in [3.05, 3.63) is 0 Å². The third-order valence-corrected chi connectivity index (χ3v) is 4.77. The van der Waals surface area contributed by atoms with Gasteiger partial charge in [0.1, 0.15) is 0 Å². The number of hydrogen-bond acceptors (Lipinski definition) is 5. The van der Waals surface area contributed by atoms with E-state index in [1.807, 2.05) is 6.92 Å². The summed E-state index contributed by atoms with van der Waals surface area (Å²) < 4.78 is 15.8. The van der Waals surface area contributed by atoms with Crippen molar-refractivity contribution in [2.24, 2.45) is 10.8 Å². The molecule has 0 radical (unpaired) electrons. The molecule has 0 N–H and O–H groups in total. The number of esters is 2. The molecule has 1 aliphatic carbocycles. The topological polar surface area (TPSA) is 61.8 Å². The van der Waals surface area contributed by atoms with Crippen LogP contribution in [0.25, 0.3) is 0 Å². The molecule has 5 heteroatoms. The number of methoxy groups -OCH3 is 1. The Bertz CT molecular complexity index is 383. The first-order chi connectivity index (χ1) is 10.2. The molecule has 1 unspecified atom stereocenters. The quantitative estimate of drug-likeness (QED) is 0.532. The molecule has 0 amide bonds. The molecule has 0 aliphatic heterocycles. The normalized spacial score (nSPS) is 19.3. The third-order valence-electron chi connectivity index (χ3n) is 4.77. The van der Waals surface area contributed by atoms with Crippen molar-refractivity contribution in [2.75, 3.05) is 13.7 Å². The van der Waals surface area contributed by atoms with E-state index in [1.54, 1.807) is 21.0 Å². The summed E-state index contributed by atoms with van der Waals surface area (Å²) in [5, 5.41) is 0. The highest BCUT2D eigenvalue weighted by molar-refractivity contribution is 5.79. The van der Waals surface area contributed by atoms with Gasteiger partial charge < -0.3 is 14.2 Å². The minimum absolute atomic E-state index is 0.157. The molecule has 5 nitrogen and oxygen atoms in total. The van der Waals surface area contributed by atoms with Gasteiger partial charge in [0, 0.05) is 12.5 Å². The summed E-state index contributed by atoms with van der Waals surface area (Å²) in [7, 11) is 1.55. The van der Waals surface area contributed by atoms with Crippen LogP contribution in [-0.2, 0) is 23.8 Å². The maximum absolute atomic E-state index is 11.9. The fraction of sp³-hybridized carbons (Fsp3) is 0.882. The van der Waals surface area contributed by atoms with E-state index >= 15 is 0 Å². The Morgan fingerprint density at radius 3 is 2.27 bits per heavy atom. The minimum Gasteiger partial charge on any atom is -0.453 e. The summed E-state index contributed by atoms with van der Waals surface area (Å²) in [6.45, 7) is 7.21. The number of hydrogen-bond donors (Lipinski definition) is 0. The Kier molecular flexibility index (Phi) is 6.85. The second-order valence-corrected chi connectivity index (χ2v) is 7.09. The molecule has 0 aromatic rings. The number of rotatable bonds is 7. The van der Waals surface area contributed by atoms with Gasteiger partial charge in [0.15, 0.2) is 6.61 Å². The van der Waals surface area contributed by atoms with E-state index < -0.39 is 17.7 Å². The molecule has 0 aromatic heterocycles. The van der Waals surface area contributed by atoms with Crippen molar-refractivity contribution in [2.45, 2.75) is 72.5 Å². The smallest absolute Gasteiger partial charge is 0.346 e. The van der Waals surface area contributed by atoms with Crippen molar-refractivity contribution in [3.63, 3.8) is 0 Å². The van der Waals surface area contributed by atoms with Gasteiger partial charge in [0.05, 0.1) is 5.41 Å². The lowest BCUT2D eigenvalue weighted by molar-refractivity contribution is -0.210. The van der Waals surface area contributed by atoms with Gasteiger partial charge in [-0.3, -0.25) is 4.79 Å². The summed E-state index contributed by atoms with van der Waals surface area (Å²) in [6.07, 6.45) is 5.46. The highest BCUT2D eigenvalue weighted by Crippen LogP contribution is 2.40. The van der Waals surface area contributed by atoms with Gasteiger partial charge in [-0.15, -0.1) is 0 Å². The maximum Gasteiger partial charge on any atom is 0.346 e. The Hall–Kier alpha value is -1.10. The number of carbonyl (C=O) groups is 2. The first kappa shape index (κ1) is 18.9. The van der Waals surface area contributed by atoms with Gasteiger partial charge >= 0.3 is 11.9 Å². The molecule has 0 aromatic carbocycles. The SMILES string of the molecule is CCC(C)(C)C(=O)OCC(=O)OC(OC)C1(C)CCCCC1. The van der Waals surface area contributed by atoms with Crippen LogP contribution in [0, 0.1) is 10.8 Å². The fourth-order valence-corrected chi connectivity index (χ4v) is 2.69. The second-order valence-electron chi connectivity index (χ2n) is 7.09. The molecule has 22 heavy (non-hydrogen) atoms. The molecule has 1 atom stereocenters. The molecule has 1 fully saturated rings. The van der Waals surface area contributed by atoms with E-state index in [-0.39, 0.29) is 18.0 Å². The second kappa shape index (κ2) is 7.95. The third kappa shape index (κ3) is 4.97. The molecule has 0 spiro atoms. The zero-order valence-electron chi connectivity index (χ0n) is 14.6. The first-order valence-corrected chi connectivity index (χ1v) is 8.14. The molecule has 128 valence electrons. The van der Waals surface area contributed by atoms with E-state index in [1.165, 1.54) is 6.42 Å². The van der Waals surface area contributed by atoms with Crippen LogP contribution in [0.5, 0.6) is 0 Å². The Balaban J connectivity index is 2.50. The minimum atomic E-state index is -0.587. The predicted octanol–water partition coefficient (Wildman–Crippen LogP) is 3.45. The predicted molar refractivity (Wildman–Crippen MR) is 83.1 cm³/mol. The van der Waals surface area contributed by atoms with Crippen LogP contribution in [0.15, 0.2) is 0 Å². The Morgan fingerprint density at radius 2 is 1.77 bits per heavy atom. The lowest BCUT2D eigenvalue weighted by atomic mass is 9.75. The summed E-state index contributed by atoms with van der Waals surface area (Å²) in [4.78, 5) is 23.8. The summed E-state index contributed by atoms with van der Waals surface area (Å²) in [5.41, 5.74) is -0.744. The van der Waals surface area contributed by atoms with Crippen molar-refractivity contribution in [1.82, 2.24) is 0 Å². The highest BCUT2D eigenvalue weighted by Gasteiger charge is 2.38. The first-order valence-electron chi connectivity index (χ1n) is 8.14. The van der Waals surface area contributed by atoms with E-state index in [9.17, 15) is 9.59 Å². The molecule has 0 heterocycles. The van der Waals surface area contributed by atoms with Crippen molar-refractivity contribution >= 4 is 11.9 Å². The van der Waals surface area contributed by atoms with Crippen molar-refractivity contribution in [1.29, 1.82) is 0 Å². The number of carbonyl (C=O) groups excluding carboxylic acids is 2. The molecule has 0 saturated heterocycles. The van der Waals surface area contributed by atoms with Gasteiger partial charge in [0.2, 0.25) is 6.29 Å². The van der Waals surface area contributed by atoms with Gasteiger partial charge in [-0.2, -0.15) is 0 Å². The molecule has 1 aliphatic rings. The fourth-order valence-electron chi connectivity index (χ4n) is 2.69. The summed E-state index contributed by atoms with van der Waals surface area (Å²) in [5.74, 6) is -0.941. The average Bonchev–Trinajstić information content (AvgIpc) is 2.50. The van der Waals surface area contributed by atoms with Crippen LogP contribution >= 0.6 is 0 Å². The molecule has 1 rings (SSSR count). The van der Waals surface area contributed by atoms with Gasteiger partial charge in [-0.05, 0) is 33.1 Å². The van der Waals surface area contributed by atoms with Crippen LogP contribution in [0.2, 0.25) is 0 Å². The van der Waals surface area contributed by atoms with Gasteiger partial charge in [-0.25, -0.2) is 4.79 Å². The van der Waals surface area contributed by atoms with Crippen molar-refractivity contribution < 1.29 is 23.8 Å². The van der Waals surface area contributed by atoms with Gasteiger partial charge in [0.25, 0.3) is 0 Å². The zero-order valence-corrected chi connectivity index (χ0v) is 14.6. The highest BCUT2D eigenvalue weighted by atomic mass is 16.7. The lowest BCUT2D eigenvalue weighted by Crippen LogP contribution is -2.40. The monoisotopic (exact) mass is 314 g/mol. The molecule has 1 saturated carbocycles. The van der Waals surface area contributed by atoms with E-state index in [4.69, 9.17) is 14.2 Å². The Labute approximate surface area is 133 Å². The largest absolute Gasteiger partial charge is 0.453 e. The van der Waals surface area contributed by atoms with Crippen LogP contribution in [0.1, 0.15) is 66.2 Å². The number of ether oxygens (including phenoxy) is 3. The molecular weight excluding hydrogens is 284 g/mol. The Morgan fingerprint density at radius 1 is 1.18 bits per heavy atom. The average molecular weight is 314 g/mol. The van der Waals surface area contributed by atoms with Crippen LogP contribution < -0.4 is 0 Å². The molecule has 0 bridgehead atoms. The van der Waals surface area contributed by atoms with Gasteiger partial charge in [-0.1, -0.05) is 33.1 Å².